The fraction of sp³-hybridized carbons (Fsp3) is 0.182. The third kappa shape index (κ3) is 1.33. The van der Waals surface area contributed by atoms with Crippen LogP contribution in [0.3, 0.4) is 0 Å². The molecule has 0 saturated heterocycles. The maximum Gasteiger partial charge on any atom is 0.176 e. The zero-order valence-corrected chi connectivity index (χ0v) is 9.19. The fourth-order valence-electron chi connectivity index (χ4n) is 1.75. The number of hydrazone groups is 1. The summed E-state index contributed by atoms with van der Waals surface area (Å²) in [4.78, 5) is 2.11. The number of hydrogen-bond acceptors (Lipinski definition) is 4. The first-order valence-corrected chi connectivity index (χ1v) is 5.77. The molecule has 1 unspecified atom stereocenters. The maximum atomic E-state index is 4.38. The lowest BCUT2D eigenvalue weighted by atomic mass is 10.2. The molecule has 0 aliphatic carbocycles. The van der Waals surface area contributed by atoms with Crippen LogP contribution in [-0.2, 0) is 0 Å². The third-order valence-corrected chi connectivity index (χ3v) is 3.67. The quantitative estimate of drug-likeness (QED) is 0.718. The average molecular weight is 217 g/mol. The van der Waals surface area contributed by atoms with Gasteiger partial charge in [0.15, 0.2) is 5.50 Å². The molecular weight excluding hydrogens is 206 g/mol. The second-order valence-corrected chi connectivity index (χ2v) is 4.50. The Morgan fingerprint density at radius 1 is 1.27 bits per heavy atom. The molecule has 3 rings (SSSR count). The predicted molar refractivity (Wildman–Crippen MR) is 63.9 cm³/mol. The van der Waals surface area contributed by atoms with Gasteiger partial charge in [0.2, 0.25) is 0 Å². The number of rotatable bonds is 1. The topological polar surface area (TPSA) is 18.8 Å². The van der Waals surface area contributed by atoms with E-state index < -0.39 is 0 Å². The molecule has 2 heterocycles. The van der Waals surface area contributed by atoms with E-state index in [1.165, 1.54) is 11.3 Å². The molecule has 0 fully saturated rings. The Labute approximate surface area is 93.1 Å². The summed E-state index contributed by atoms with van der Waals surface area (Å²) in [6.07, 6.45) is 1.87. The summed E-state index contributed by atoms with van der Waals surface area (Å²) in [6.45, 7) is 0. The van der Waals surface area contributed by atoms with E-state index in [2.05, 4.69) is 44.7 Å². The van der Waals surface area contributed by atoms with Gasteiger partial charge in [0.05, 0.1) is 5.70 Å². The van der Waals surface area contributed by atoms with Gasteiger partial charge in [-0.3, -0.25) is 0 Å². The van der Waals surface area contributed by atoms with Crippen LogP contribution in [0, 0.1) is 0 Å². The molecule has 0 bridgehead atoms. The van der Waals surface area contributed by atoms with Crippen molar-refractivity contribution in [2.75, 3.05) is 7.05 Å². The van der Waals surface area contributed by atoms with E-state index in [4.69, 9.17) is 0 Å². The summed E-state index contributed by atoms with van der Waals surface area (Å²) < 4.78 is 0. The molecule has 0 radical (unpaired) electrons. The third-order valence-electron chi connectivity index (χ3n) is 2.53. The van der Waals surface area contributed by atoms with Crippen molar-refractivity contribution in [3.05, 3.63) is 41.3 Å². The molecule has 1 aromatic carbocycles. The fourth-order valence-corrected chi connectivity index (χ4v) is 2.77. The van der Waals surface area contributed by atoms with Crippen LogP contribution in [0.25, 0.3) is 5.70 Å². The van der Waals surface area contributed by atoms with Crippen molar-refractivity contribution >= 4 is 23.8 Å². The SMILES string of the molecule is CN1C=NN2C(c3ccccc3)=CSC12. The van der Waals surface area contributed by atoms with Gasteiger partial charge < -0.3 is 4.90 Å². The van der Waals surface area contributed by atoms with Crippen LogP contribution in [0.4, 0.5) is 0 Å². The normalized spacial score (nSPS) is 23.3. The van der Waals surface area contributed by atoms with Crippen molar-refractivity contribution < 1.29 is 0 Å². The van der Waals surface area contributed by atoms with Gasteiger partial charge in [-0.15, -0.1) is 0 Å². The molecular formula is C11H11N3S. The largest absolute Gasteiger partial charge is 0.333 e. The molecule has 15 heavy (non-hydrogen) atoms. The minimum Gasteiger partial charge on any atom is -0.333 e. The highest BCUT2D eigenvalue weighted by molar-refractivity contribution is 8.03. The molecule has 0 spiro atoms. The Morgan fingerprint density at radius 2 is 2.07 bits per heavy atom. The average Bonchev–Trinajstić information content (AvgIpc) is 2.83. The minimum absolute atomic E-state index is 0.306. The molecule has 4 heteroatoms. The summed E-state index contributed by atoms with van der Waals surface area (Å²) >= 11 is 1.79. The maximum absolute atomic E-state index is 4.38. The minimum atomic E-state index is 0.306. The van der Waals surface area contributed by atoms with Gasteiger partial charge in [0.25, 0.3) is 0 Å². The summed E-state index contributed by atoms with van der Waals surface area (Å²) in [5.41, 5.74) is 2.71. The lowest BCUT2D eigenvalue weighted by Gasteiger charge is -2.21. The van der Waals surface area contributed by atoms with E-state index in [-0.39, 0.29) is 0 Å². The molecule has 2 aliphatic heterocycles. The van der Waals surface area contributed by atoms with E-state index >= 15 is 0 Å². The number of thioether (sulfide) groups is 1. The van der Waals surface area contributed by atoms with Crippen LogP contribution in [0.5, 0.6) is 0 Å². The van der Waals surface area contributed by atoms with Gasteiger partial charge in [-0.05, 0) is 0 Å². The zero-order chi connectivity index (χ0) is 10.3. The molecule has 76 valence electrons. The van der Waals surface area contributed by atoms with E-state index in [9.17, 15) is 0 Å². The highest BCUT2D eigenvalue weighted by Crippen LogP contribution is 2.39. The first-order valence-electron chi connectivity index (χ1n) is 4.82. The van der Waals surface area contributed by atoms with E-state index in [1.54, 1.807) is 11.8 Å². The van der Waals surface area contributed by atoms with Crippen LogP contribution in [0.2, 0.25) is 0 Å². The number of nitrogens with zero attached hydrogens (tertiary/aromatic N) is 3. The highest BCUT2D eigenvalue weighted by atomic mass is 32.2. The van der Waals surface area contributed by atoms with Crippen molar-refractivity contribution in [2.24, 2.45) is 5.10 Å². The standard InChI is InChI=1S/C11H11N3S/c1-13-8-12-14-10(7-15-11(13)14)9-5-3-2-4-6-9/h2-8,11H,1H3. The lowest BCUT2D eigenvalue weighted by molar-refractivity contribution is 0.321. The molecule has 2 aliphatic rings. The first kappa shape index (κ1) is 8.85. The van der Waals surface area contributed by atoms with Crippen LogP contribution in [-0.4, -0.2) is 28.8 Å². The van der Waals surface area contributed by atoms with Gasteiger partial charge in [0, 0.05) is 18.0 Å². The van der Waals surface area contributed by atoms with Crippen molar-refractivity contribution in [2.45, 2.75) is 5.50 Å². The van der Waals surface area contributed by atoms with E-state index in [0.717, 1.165) is 0 Å². The summed E-state index contributed by atoms with van der Waals surface area (Å²) in [7, 11) is 2.04. The molecule has 1 atom stereocenters. The van der Waals surface area contributed by atoms with Gasteiger partial charge in [-0.2, -0.15) is 5.10 Å². The van der Waals surface area contributed by atoms with Crippen molar-refractivity contribution in [1.29, 1.82) is 0 Å². The molecule has 1 aromatic rings. The molecule has 0 N–H and O–H groups in total. The highest BCUT2D eigenvalue weighted by Gasteiger charge is 2.33. The molecule has 0 aromatic heterocycles. The van der Waals surface area contributed by atoms with Crippen LogP contribution in [0.15, 0.2) is 40.8 Å². The first-order chi connectivity index (χ1) is 7.36. The second-order valence-electron chi connectivity index (χ2n) is 3.57. The monoisotopic (exact) mass is 217 g/mol. The molecule has 0 saturated carbocycles. The summed E-state index contributed by atoms with van der Waals surface area (Å²) in [5.74, 6) is 0. The van der Waals surface area contributed by atoms with Crippen LogP contribution in [0.1, 0.15) is 5.56 Å². The number of hydrogen-bond donors (Lipinski definition) is 0. The van der Waals surface area contributed by atoms with Crippen LogP contribution >= 0.6 is 11.8 Å². The van der Waals surface area contributed by atoms with Crippen molar-refractivity contribution in [3.8, 4) is 0 Å². The van der Waals surface area contributed by atoms with Gasteiger partial charge in [0.1, 0.15) is 6.34 Å². The van der Waals surface area contributed by atoms with Gasteiger partial charge in [-0.25, -0.2) is 5.01 Å². The van der Waals surface area contributed by atoms with E-state index in [0.29, 0.717) is 5.50 Å². The molecule has 0 amide bonds. The molecule has 3 nitrogen and oxygen atoms in total. The van der Waals surface area contributed by atoms with Gasteiger partial charge in [-0.1, -0.05) is 42.1 Å². The van der Waals surface area contributed by atoms with Crippen molar-refractivity contribution in [1.82, 2.24) is 9.91 Å². The lowest BCUT2D eigenvalue weighted by Crippen LogP contribution is -2.29. The van der Waals surface area contributed by atoms with Crippen molar-refractivity contribution in [3.63, 3.8) is 0 Å². The summed E-state index contributed by atoms with van der Waals surface area (Å²) in [6, 6.07) is 10.4. The zero-order valence-electron chi connectivity index (χ0n) is 8.37. The van der Waals surface area contributed by atoms with Gasteiger partial charge >= 0.3 is 0 Å². The Kier molecular flexibility index (Phi) is 1.95. The summed E-state index contributed by atoms with van der Waals surface area (Å²) in [5, 5.41) is 8.61. The Hall–Kier alpha value is -1.42. The Bertz CT molecular complexity index is 427. The Morgan fingerprint density at radius 3 is 2.87 bits per heavy atom. The second kappa shape index (κ2) is 3.31. The predicted octanol–water partition coefficient (Wildman–Crippen LogP) is 2.21. The van der Waals surface area contributed by atoms with E-state index in [1.807, 2.05) is 19.5 Å². The van der Waals surface area contributed by atoms with Crippen LogP contribution < -0.4 is 0 Å². The number of benzene rings is 1. The smallest absolute Gasteiger partial charge is 0.176 e. The Balaban J connectivity index is 1.94. The number of fused-ring (bicyclic) bond motifs is 1.